The van der Waals surface area contributed by atoms with E-state index in [4.69, 9.17) is 11.6 Å². The second-order valence-electron chi connectivity index (χ2n) is 3.94. The average Bonchev–Trinajstić information content (AvgIpc) is 2.79. The Balaban J connectivity index is 2.24. The van der Waals surface area contributed by atoms with Crippen LogP contribution < -0.4 is 0 Å². The molecular formula is C11H13ClN4O. The van der Waals surface area contributed by atoms with Crippen LogP contribution in [0.15, 0.2) is 12.3 Å². The van der Waals surface area contributed by atoms with Crippen LogP contribution in [0.1, 0.15) is 21.9 Å². The van der Waals surface area contributed by atoms with Crippen molar-refractivity contribution >= 4 is 17.4 Å². The van der Waals surface area contributed by atoms with Crippen molar-refractivity contribution in [1.29, 1.82) is 0 Å². The average molecular weight is 253 g/mol. The first kappa shape index (κ1) is 11.9. The number of hydrogen-bond donors (Lipinski definition) is 0. The maximum atomic E-state index is 12.0. The molecule has 0 aliphatic rings. The molecule has 0 aliphatic carbocycles. The van der Waals surface area contributed by atoms with E-state index in [-0.39, 0.29) is 12.2 Å². The van der Waals surface area contributed by atoms with Crippen molar-refractivity contribution in [3.05, 3.63) is 34.4 Å². The smallest absolute Gasteiger partial charge is 0.189 e. The molecule has 2 aromatic rings. The Hall–Kier alpha value is -1.62. The third kappa shape index (κ3) is 2.24. The lowest BCUT2D eigenvalue weighted by Gasteiger charge is -2.00. The van der Waals surface area contributed by atoms with Crippen LogP contribution in [0.25, 0.3) is 0 Å². The zero-order valence-corrected chi connectivity index (χ0v) is 10.7. The summed E-state index contributed by atoms with van der Waals surface area (Å²) in [5.74, 6) is -0.0597. The molecule has 90 valence electrons. The van der Waals surface area contributed by atoms with Gasteiger partial charge < -0.3 is 0 Å². The van der Waals surface area contributed by atoms with Gasteiger partial charge in [-0.25, -0.2) is 0 Å². The molecule has 0 bridgehead atoms. The van der Waals surface area contributed by atoms with Crippen LogP contribution in [-0.4, -0.2) is 25.3 Å². The fraction of sp³-hybridized carbons (Fsp3) is 0.364. The van der Waals surface area contributed by atoms with E-state index in [1.165, 1.54) is 0 Å². The number of aromatic nitrogens is 4. The van der Waals surface area contributed by atoms with Crippen molar-refractivity contribution in [2.45, 2.75) is 13.3 Å². The van der Waals surface area contributed by atoms with Crippen LogP contribution in [-0.2, 0) is 20.5 Å². The molecule has 2 aromatic heterocycles. The molecule has 0 radical (unpaired) electrons. The van der Waals surface area contributed by atoms with Crippen LogP contribution in [0.2, 0.25) is 5.02 Å². The van der Waals surface area contributed by atoms with E-state index in [0.717, 1.165) is 11.4 Å². The van der Waals surface area contributed by atoms with Gasteiger partial charge in [0.15, 0.2) is 5.78 Å². The maximum Gasteiger partial charge on any atom is 0.189 e. The summed E-state index contributed by atoms with van der Waals surface area (Å²) in [6.45, 7) is 1.82. The summed E-state index contributed by atoms with van der Waals surface area (Å²) in [4.78, 5) is 12.0. The molecule has 0 N–H and O–H groups in total. The Labute approximate surface area is 104 Å². The van der Waals surface area contributed by atoms with Gasteiger partial charge in [-0.3, -0.25) is 14.2 Å². The van der Waals surface area contributed by atoms with Crippen molar-refractivity contribution in [2.24, 2.45) is 14.1 Å². The van der Waals surface area contributed by atoms with Crippen LogP contribution >= 0.6 is 11.6 Å². The van der Waals surface area contributed by atoms with Gasteiger partial charge in [-0.1, -0.05) is 11.6 Å². The van der Waals surface area contributed by atoms with Gasteiger partial charge in [-0.2, -0.15) is 10.2 Å². The quantitative estimate of drug-likeness (QED) is 0.779. The number of rotatable bonds is 3. The molecule has 0 aliphatic heterocycles. The highest BCUT2D eigenvalue weighted by Crippen LogP contribution is 2.20. The van der Waals surface area contributed by atoms with Crippen LogP contribution in [0.3, 0.4) is 0 Å². The van der Waals surface area contributed by atoms with E-state index in [9.17, 15) is 4.79 Å². The maximum absolute atomic E-state index is 12.0. The minimum absolute atomic E-state index is 0.0597. The number of hydrogen-bond acceptors (Lipinski definition) is 3. The standard InChI is InChI=1S/C11H13ClN4O/c1-7-11(12)9(16(3)13-7)6-10(17)8-4-5-15(2)14-8/h4-5H,6H2,1-3H3. The molecule has 5 nitrogen and oxygen atoms in total. The van der Waals surface area contributed by atoms with Gasteiger partial charge in [0.25, 0.3) is 0 Å². The van der Waals surface area contributed by atoms with Gasteiger partial charge in [-0.05, 0) is 13.0 Å². The number of Topliss-reactive ketones (excluding diaryl/α,β-unsaturated/α-hetero) is 1. The monoisotopic (exact) mass is 252 g/mol. The third-order valence-electron chi connectivity index (χ3n) is 2.59. The number of carbonyl (C=O) groups is 1. The number of carbonyl (C=O) groups excluding carboxylic acids is 1. The lowest BCUT2D eigenvalue weighted by molar-refractivity contribution is 0.0985. The molecule has 0 saturated carbocycles. The van der Waals surface area contributed by atoms with Gasteiger partial charge in [-0.15, -0.1) is 0 Å². The topological polar surface area (TPSA) is 52.7 Å². The molecule has 2 rings (SSSR count). The van der Waals surface area contributed by atoms with Gasteiger partial charge in [0.2, 0.25) is 0 Å². The Bertz CT molecular complexity index is 570. The number of nitrogens with zero attached hydrogens (tertiary/aromatic N) is 4. The van der Waals surface area contributed by atoms with Gasteiger partial charge in [0, 0.05) is 20.3 Å². The van der Waals surface area contributed by atoms with Crippen molar-refractivity contribution < 1.29 is 4.79 Å². The molecule has 6 heteroatoms. The summed E-state index contributed by atoms with van der Waals surface area (Å²) in [6, 6.07) is 1.69. The van der Waals surface area contributed by atoms with Crippen LogP contribution in [0, 0.1) is 6.92 Å². The highest BCUT2D eigenvalue weighted by molar-refractivity contribution is 6.32. The number of halogens is 1. The predicted molar refractivity (Wildman–Crippen MR) is 64.2 cm³/mol. The van der Waals surface area contributed by atoms with Crippen molar-refractivity contribution in [1.82, 2.24) is 19.6 Å². The minimum atomic E-state index is -0.0597. The van der Waals surface area contributed by atoms with Gasteiger partial charge in [0.05, 0.1) is 22.8 Å². The number of aryl methyl sites for hydroxylation is 3. The Morgan fingerprint density at radius 1 is 1.41 bits per heavy atom. The van der Waals surface area contributed by atoms with E-state index < -0.39 is 0 Å². The minimum Gasteiger partial charge on any atom is -0.292 e. The molecule has 0 atom stereocenters. The lowest BCUT2D eigenvalue weighted by Crippen LogP contribution is -2.09. The largest absolute Gasteiger partial charge is 0.292 e. The predicted octanol–water partition coefficient (Wildman–Crippen LogP) is 1.54. The SMILES string of the molecule is Cc1nn(C)c(CC(=O)c2ccn(C)n2)c1Cl. The van der Waals surface area contributed by atoms with E-state index in [1.54, 1.807) is 35.7 Å². The van der Waals surface area contributed by atoms with E-state index in [2.05, 4.69) is 10.2 Å². The molecule has 0 saturated heterocycles. The van der Waals surface area contributed by atoms with E-state index in [0.29, 0.717) is 10.7 Å². The summed E-state index contributed by atoms with van der Waals surface area (Å²) in [6.07, 6.45) is 1.95. The highest BCUT2D eigenvalue weighted by Gasteiger charge is 2.17. The molecule has 0 fully saturated rings. The zero-order chi connectivity index (χ0) is 12.6. The molecule has 0 unspecified atom stereocenters. The Kier molecular flexibility index (Phi) is 3.02. The summed E-state index contributed by atoms with van der Waals surface area (Å²) in [5, 5.41) is 8.79. The summed E-state index contributed by atoms with van der Waals surface area (Å²) < 4.78 is 3.24. The molecule has 0 spiro atoms. The number of ketones is 1. The first-order valence-corrected chi connectivity index (χ1v) is 5.57. The summed E-state index contributed by atoms with van der Waals surface area (Å²) >= 11 is 6.09. The van der Waals surface area contributed by atoms with Crippen molar-refractivity contribution in [2.75, 3.05) is 0 Å². The normalized spacial score (nSPS) is 10.8. The second-order valence-corrected chi connectivity index (χ2v) is 4.32. The Morgan fingerprint density at radius 2 is 2.12 bits per heavy atom. The zero-order valence-electron chi connectivity index (χ0n) is 9.94. The summed E-state index contributed by atoms with van der Waals surface area (Å²) in [7, 11) is 3.55. The first-order valence-electron chi connectivity index (χ1n) is 5.20. The van der Waals surface area contributed by atoms with Crippen molar-refractivity contribution in [3.63, 3.8) is 0 Å². The molecule has 0 amide bonds. The highest BCUT2D eigenvalue weighted by atomic mass is 35.5. The fourth-order valence-corrected chi connectivity index (χ4v) is 1.91. The molecule has 2 heterocycles. The van der Waals surface area contributed by atoms with Crippen LogP contribution in [0.4, 0.5) is 0 Å². The Morgan fingerprint density at radius 3 is 2.59 bits per heavy atom. The molecule has 0 aromatic carbocycles. The summed E-state index contributed by atoms with van der Waals surface area (Å²) in [5.41, 5.74) is 1.90. The fourth-order valence-electron chi connectivity index (χ4n) is 1.68. The van der Waals surface area contributed by atoms with Crippen LogP contribution in [0.5, 0.6) is 0 Å². The van der Waals surface area contributed by atoms with Gasteiger partial charge >= 0.3 is 0 Å². The van der Waals surface area contributed by atoms with Crippen molar-refractivity contribution in [3.8, 4) is 0 Å². The molecule has 17 heavy (non-hydrogen) atoms. The lowest BCUT2D eigenvalue weighted by atomic mass is 10.1. The third-order valence-corrected chi connectivity index (χ3v) is 3.08. The second kappa shape index (κ2) is 4.33. The first-order chi connectivity index (χ1) is 7.99. The van der Waals surface area contributed by atoms with E-state index in [1.807, 2.05) is 6.92 Å². The van der Waals surface area contributed by atoms with Gasteiger partial charge in [0.1, 0.15) is 5.69 Å². The van der Waals surface area contributed by atoms with E-state index >= 15 is 0 Å². The molecular weight excluding hydrogens is 240 g/mol.